The van der Waals surface area contributed by atoms with Crippen LogP contribution in [-0.4, -0.2) is 35.4 Å². The Labute approximate surface area is 135 Å². The van der Waals surface area contributed by atoms with E-state index in [0.717, 1.165) is 44.5 Å². The Morgan fingerprint density at radius 3 is 2.68 bits per heavy atom. The predicted molar refractivity (Wildman–Crippen MR) is 84.9 cm³/mol. The molecular weight excluding hydrogens is 306 g/mol. The lowest BCUT2D eigenvalue weighted by Gasteiger charge is -2.32. The van der Waals surface area contributed by atoms with Crippen LogP contribution in [0, 0.1) is 15.5 Å². The van der Waals surface area contributed by atoms with Gasteiger partial charge in [-0.1, -0.05) is 12.1 Å². The fourth-order valence-corrected chi connectivity index (χ4v) is 3.40. The molecule has 120 valence electrons. The van der Waals surface area contributed by atoms with Gasteiger partial charge in [0.05, 0.1) is 10.3 Å². The van der Waals surface area contributed by atoms with Crippen LogP contribution in [0.2, 0.25) is 0 Å². The van der Waals surface area contributed by atoms with Gasteiger partial charge in [0.1, 0.15) is 0 Å². The molecule has 2 saturated heterocycles. The maximum Gasteiger partial charge on any atom is 0.269 e. The Balaban J connectivity index is 0.00000176. The van der Waals surface area contributed by atoms with Crippen LogP contribution in [0.5, 0.6) is 0 Å². The minimum Gasteiger partial charge on any atom is -0.338 e. The summed E-state index contributed by atoms with van der Waals surface area (Å²) < 4.78 is 0. The summed E-state index contributed by atoms with van der Waals surface area (Å²) in [6.07, 6.45) is 2.71. The van der Waals surface area contributed by atoms with Crippen molar-refractivity contribution in [2.75, 3.05) is 19.6 Å². The lowest BCUT2D eigenvalue weighted by Crippen LogP contribution is -2.42. The Hall–Kier alpha value is -1.66. The number of likely N-dealkylation sites (tertiary alicyclic amines) is 1. The number of rotatable bonds is 3. The first-order chi connectivity index (χ1) is 10.1. The second-order valence-electron chi connectivity index (χ2n) is 5.93. The highest BCUT2D eigenvalue weighted by Gasteiger charge is 2.46. The lowest BCUT2D eigenvalue weighted by molar-refractivity contribution is -0.384. The fraction of sp³-hybridized carbons (Fsp3) is 0.533. The highest BCUT2D eigenvalue weighted by molar-refractivity contribution is 5.85. The summed E-state index contributed by atoms with van der Waals surface area (Å²) in [5.41, 5.74) is 0.714. The van der Waals surface area contributed by atoms with Crippen molar-refractivity contribution in [3.63, 3.8) is 0 Å². The van der Waals surface area contributed by atoms with Gasteiger partial charge in [0.2, 0.25) is 5.91 Å². The summed E-state index contributed by atoms with van der Waals surface area (Å²) in [6.45, 7) is 3.02. The molecule has 1 N–H and O–H groups in total. The van der Waals surface area contributed by atoms with E-state index in [-0.39, 0.29) is 29.4 Å². The highest BCUT2D eigenvalue weighted by atomic mass is 35.5. The van der Waals surface area contributed by atoms with Gasteiger partial charge in [0.15, 0.2) is 0 Å². The maximum absolute atomic E-state index is 12.7. The average molecular weight is 326 g/mol. The third-order valence-corrected chi connectivity index (χ3v) is 4.66. The molecule has 0 saturated carbocycles. The molecule has 0 bridgehead atoms. The SMILES string of the molecule is Cl.O=C1N(Cc2cccc([N+](=O)[O-])c2)CCC12CCNCC2. The first-order valence-corrected chi connectivity index (χ1v) is 7.34. The number of benzene rings is 1. The molecule has 0 radical (unpaired) electrons. The standard InChI is InChI=1S/C15H19N3O3.ClH/c19-14-15(4-7-16-8-5-15)6-9-17(14)11-12-2-1-3-13(10-12)18(20)21;/h1-3,10,16H,4-9,11H2;1H. The first kappa shape index (κ1) is 16.7. The monoisotopic (exact) mass is 325 g/mol. The number of carbonyl (C=O) groups excluding carboxylic acids is 1. The predicted octanol–water partition coefficient (Wildman–Crippen LogP) is 2.12. The number of nitro groups is 1. The molecule has 2 heterocycles. The van der Waals surface area contributed by atoms with Crippen molar-refractivity contribution in [1.29, 1.82) is 0 Å². The van der Waals surface area contributed by atoms with Crippen molar-refractivity contribution in [2.45, 2.75) is 25.8 Å². The topological polar surface area (TPSA) is 75.5 Å². The van der Waals surface area contributed by atoms with Gasteiger partial charge in [-0.05, 0) is 37.9 Å². The van der Waals surface area contributed by atoms with Gasteiger partial charge >= 0.3 is 0 Å². The zero-order valence-corrected chi connectivity index (χ0v) is 13.1. The molecule has 22 heavy (non-hydrogen) atoms. The second kappa shape index (κ2) is 6.62. The number of nitro benzene ring substituents is 1. The zero-order chi connectivity index (χ0) is 14.9. The lowest BCUT2D eigenvalue weighted by atomic mass is 9.78. The van der Waals surface area contributed by atoms with E-state index in [9.17, 15) is 14.9 Å². The molecule has 6 nitrogen and oxygen atoms in total. The van der Waals surface area contributed by atoms with Gasteiger partial charge in [-0.3, -0.25) is 14.9 Å². The minimum absolute atomic E-state index is 0. The molecular formula is C15H20ClN3O3. The molecule has 0 atom stereocenters. The Bertz CT molecular complexity index is 573. The fourth-order valence-electron chi connectivity index (χ4n) is 3.40. The molecule has 2 aliphatic rings. The summed E-state index contributed by atoms with van der Waals surface area (Å²) in [5.74, 6) is 0.218. The Morgan fingerprint density at radius 1 is 1.27 bits per heavy atom. The number of nitrogens with one attached hydrogen (secondary N) is 1. The molecule has 7 heteroatoms. The molecule has 2 aliphatic heterocycles. The van der Waals surface area contributed by atoms with E-state index in [1.807, 2.05) is 11.0 Å². The molecule has 0 aliphatic carbocycles. The van der Waals surface area contributed by atoms with E-state index in [0.29, 0.717) is 6.54 Å². The van der Waals surface area contributed by atoms with Crippen LogP contribution in [0.4, 0.5) is 5.69 Å². The highest BCUT2D eigenvalue weighted by Crippen LogP contribution is 2.40. The second-order valence-corrected chi connectivity index (χ2v) is 5.93. The van der Waals surface area contributed by atoms with Gasteiger partial charge in [-0.15, -0.1) is 12.4 Å². The summed E-state index contributed by atoms with van der Waals surface area (Å²) in [4.78, 5) is 24.9. The Kier molecular flexibility index (Phi) is 5.03. The van der Waals surface area contributed by atoms with E-state index in [4.69, 9.17) is 0 Å². The van der Waals surface area contributed by atoms with Gasteiger partial charge < -0.3 is 10.2 Å². The normalized spacial score (nSPS) is 20.0. The number of halogens is 1. The van der Waals surface area contributed by atoms with Crippen LogP contribution in [0.1, 0.15) is 24.8 Å². The van der Waals surface area contributed by atoms with Gasteiger partial charge in [0, 0.05) is 25.2 Å². The van der Waals surface area contributed by atoms with E-state index in [1.54, 1.807) is 12.1 Å². The largest absolute Gasteiger partial charge is 0.338 e. The maximum atomic E-state index is 12.7. The molecule has 1 aromatic carbocycles. The quantitative estimate of drug-likeness (QED) is 0.682. The molecule has 2 fully saturated rings. The van der Waals surface area contributed by atoms with E-state index in [1.165, 1.54) is 6.07 Å². The van der Waals surface area contributed by atoms with E-state index < -0.39 is 4.92 Å². The van der Waals surface area contributed by atoms with Crippen LogP contribution in [-0.2, 0) is 11.3 Å². The third kappa shape index (κ3) is 3.08. The van der Waals surface area contributed by atoms with Gasteiger partial charge in [-0.2, -0.15) is 0 Å². The van der Waals surface area contributed by atoms with Crippen molar-refractivity contribution in [2.24, 2.45) is 5.41 Å². The summed E-state index contributed by atoms with van der Waals surface area (Å²) in [6, 6.07) is 6.55. The van der Waals surface area contributed by atoms with Crippen LogP contribution in [0.15, 0.2) is 24.3 Å². The van der Waals surface area contributed by atoms with Crippen molar-refractivity contribution in [1.82, 2.24) is 10.2 Å². The number of carbonyl (C=O) groups is 1. The molecule has 1 aromatic rings. The number of hydrogen-bond acceptors (Lipinski definition) is 4. The van der Waals surface area contributed by atoms with Gasteiger partial charge in [-0.25, -0.2) is 0 Å². The Morgan fingerprint density at radius 2 is 2.00 bits per heavy atom. The third-order valence-electron chi connectivity index (χ3n) is 4.66. The van der Waals surface area contributed by atoms with Crippen LogP contribution >= 0.6 is 12.4 Å². The van der Waals surface area contributed by atoms with Crippen molar-refractivity contribution in [3.8, 4) is 0 Å². The molecule has 1 spiro atoms. The van der Waals surface area contributed by atoms with Crippen LogP contribution in [0.3, 0.4) is 0 Å². The molecule has 3 rings (SSSR count). The van der Waals surface area contributed by atoms with E-state index in [2.05, 4.69) is 5.32 Å². The average Bonchev–Trinajstić information content (AvgIpc) is 2.78. The minimum atomic E-state index is -0.399. The summed E-state index contributed by atoms with van der Waals surface area (Å²) in [5, 5.41) is 14.1. The molecule has 0 aromatic heterocycles. The number of non-ortho nitro benzene ring substituents is 1. The number of nitrogens with zero attached hydrogens (tertiary/aromatic N) is 2. The van der Waals surface area contributed by atoms with Gasteiger partial charge in [0.25, 0.3) is 5.69 Å². The van der Waals surface area contributed by atoms with Crippen LogP contribution < -0.4 is 5.32 Å². The van der Waals surface area contributed by atoms with Crippen molar-refractivity contribution < 1.29 is 9.72 Å². The van der Waals surface area contributed by atoms with Crippen molar-refractivity contribution in [3.05, 3.63) is 39.9 Å². The van der Waals surface area contributed by atoms with E-state index >= 15 is 0 Å². The molecule has 0 unspecified atom stereocenters. The first-order valence-electron chi connectivity index (χ1n) is 7.34. The smallest absolute Gasteiger partial charge is 0.269 e. The number of piperidine rings is 1. The summed E-state index contributed by atoms with van der Waals surface area (Å²) in [7, 11) is 0. The number of amides is 1. The van der Waals surface area contributed by atoms with Crippen molar-refractivity contribution >= 4 is 24.0 Å². The summed E-state index contributed by atoms with van der Waals surface area (Å²) >= 11 is 0. The van der Waals surface area contributed by atoms with Crippen LogP contribution in [0.25, 0.3) is 0 Å². The molecule has 1 amide bonds. The number of hydrogen-bond donors (Lipinski definition) is 1. The zero-order valence-electron chi connectivity index (χ0n) is 12.3.